The Hall–Kier alpha value is -1.48. The molecule has 0 atom stereocenters. The van der Waals surface area contributed by atoms with Gasteiger partial charge in [-0.25, -0.2) is 13.1 Å². The molecule has 0 spiro atoms. The molecule has 0 radical (unpaired) electrons. The summed E-state index contributed by atoms with van der Waals surface area (Å²) in [6.07, 6.45) is 3.83. The Morgan fingerprint density at radius 2 is 2.17 bits per heavy atom. The van der Waals surface area contributed by atoms with Crippen molar-refractivity contribution in [3.05, 3.63) is 12.4 Å². The molecule has 0 saturated heterocycles. The summed E-state index contributed by atoms with van der Waals surface area (Å²) in [7, 11) is -3.38. The number of nitrogens with one attached hydrogen (secondary N) is 1. The van der Waals surface area contributed by atoms with E-state index in [0.717, 1.165) is 0 Å². The van der Waals surface area contributed by atoms with Crippen molar-refractivity contribution in [2.75, 3.05) is 12.3 Å². The first-order chi connectivity index (χ1) is 8.49. The maximum Gasteiger partial charge on any atom is 0.303 e. The van der Waals surface area contributed by atoms with Gasteiger partial charge in [0.05, 0.1) is 11.9 Å². The van der Waals surface area contributed by atoms with Crippen LogP contribution in [0.5, 0.6) is 0 Å². The quantitative estimate of drug-likeness (QED) is 0.585. The van der Waals surface area contributed by atoms with Gasteiger partial charge in [-0.1, -0.05) is 5.21 Å². The lowest BCUT2D eigenvalue weighted by molar-refractivity contribution is -0.137. The Kier molecular flexibility index (Phi) is 5.72. The van der Waals surface area contributed by atoms with E-state index in [0.29, 0.717) is 19.5 Å². The molecule has 0 aliphatic rings. The number of carboxylic acid groups (broad SMARTS) is 1. The summed E-state index contributed by atoms with van der Waals surface area (Å²) in [5.74, 6) is -1.15. The van der Waals surface area contributed by atoms with E-state index in [1.54, 1.807) is 17.1 Å². The lowest BCUT2D eigenvalue weighted by Crippen LogP contribution is -2.28. The second kappa shape index (κ2) is 7.07. The number of carbonyl (C=O) groups is 1. The van der Waals surface area contributed by atoms with E-state index in [4.69, 9.17) is 5.11 Å². The molecule has 0 unspecified atom stereocenters. The minimum absolute atomic E-state index is 0.119. The molecule has 0 aliphatic carbocycles. The predicted molar refractivity (Wildman–Crippen MR) is 63.3 cm³/mol. The van der Waals surface area contributed by atoms with Gasteiger partial charge in [0.1, 0.15) is 0 Å². The highest BCUT2D eigenvalue weighted by molar-refractivity contribution is 7.89. The zero-order valence-corrected chi connectivity index (χ0v) is 10.6. The van der Waals surface area contributed by atoms with Gasteiger partial charge in [0.25, 0.3) is 0 Å². The highest BCUT2D eigenvalue weighted by Crippen LogP contribution is 1.95. The van der Waals surface area contributed by atoms with E-state index in [1.807, 2.05) is 0 Å². The van der Waals surface area contributed by atoms with Crippen molar-refractivity contribution in [2.24, 2.45) is 0 Å². The topological polar surface area (TPSA) is 114 Å². The van der Waals surface area contributed by atoms with Crippen LogP contribution < -0.4 is 4.72 Å². The molecule has 102 valence electrons. The zero-order chi connectivity index (χ0) is 13.4. The molecule has 1 aromatic heterocycles. The standard InChI is InChI=1S/C9H16N4O4S/c14-9(15)3-1-8-18(16,17)11-4-2-6-13-7-5-10-12-13/h5,7,11H,1-4,6,8H2,(H,14,15). The van der Waals surface area contributed by atoms with Crippen LogP contribution in [0.4, 0.5) is 0 Å². The summed E-state index contributed by atoms with van der Waals surface area (Å²) < 4.78 is 26.9. The van der Waals surface area contributed by atoms with E-state index in [9.17, 15) is 13.2 Å². The minimum Gasteiger partial charge on any atom is -0.481 e. The van der Waals surface area contributed by atoms with Gasteiger partial charge in [-0.3, -0.25) is 9.48 Å². The predicted octanol–water partition coefficient (Wildman–Crippen LogP) is -0.548. The average molecular weight is 276 g/mol. The van der Waals surface area contributed by atoms with Crippen LogP contribution in [-0.4, -0.2) is 46.8 Å². The van der Waals surface area contributed by atoms with Crippen LogP contribution in [0.15, 0.2) is 12.4 Å². The highest BCUT2D eigenvalue weighted by Gasteiger charge is 2.10. The molecule has 2 N–H and O–H groups in total. The van der Waals surface area contributed by atoms with Gasteiger partial charge in [0.15, 0.2) is 0 Å². The highest BCUT2D eigenvalue weighted by atomic mass is 32.2. The van der Waals surface area contributed by atoms with Crippen LogP contribution in [-0.2, 0) is 21.4 Å². The van der Waals surface area contributed by atoms with Crippen molar-refractivity contribution in [3.8, 4) is 0 Å². The average Bonchev–Trinajstić information content (AvgIpc) is 2.76. The van der Waals surface area contributed by atoms with Crippen LogP contribution >= 0.6 is 0 Å². The molecular formula is C9H16N4O4S. The molecule has 0 saturated carbocycles. The van der Waals surface area contributed by atoms with Crippen LogP contribution in [0, 0.1) is 0 Å². The molecule has 0 bridgehead atoms. The van der Waals surface area contributed by atoms with E-state index < -0.39 is 16.0 Å². The molecule has 1 rings (SSSR count). The molecule has 0 aromatic carbocycles. The summed E-state index contributed by atoms with van der Waals surface area (Å²) >= 11 is 0. The summed E-state index contributed by atoms with van der Waals surface area (Å²) in [5.41, 5.74) is 0. The molecule has 1 heterocycles. The molecule has 0 aliphatic heterocycles. The summed E-state index contributed by atoms with van der Waals surface area (Å²) in [4.78, 5) is 10.2. The number of nitrogens with zero attached hydrogens (tertiary/aromatic N) is 3. The summed E-state index contributed by atoms with van der Waals surface area (Å²) in [6.45, 7) is 0.882. The SMILES string of the molecule is O=C(O)CCCS(=O)(=O)NCCCn1ccnn1. The molecule has 0 amide bonds. The number of rotatable bonds is 9. The van der Waals surface area contributed by atoms with Gasteiger partial charge >= 0.3 is 5.97 Å². The Labute approximate surface area is 105 Å². The fourth-order valence-electron chi connectivity index (χ4n) is 1.31. The molecule has 0 fully saturated rings. The van der Waals surface area contributed by atoms with E-state index >= 15 is 0 Å². The first-order valence-corrected chi connectivity index (χ1v) is 7.18. The second-order valence-corrected chi connectivity index (χ2v) is 5.66. The summed E-state index contributed by atoms with van der Waals surface area (Å²) in [5, 5.41) is 15.8. The van der Waals surface area contributed by atoms with Crippen LogP contribution in [0.3, 0.4) is 0 Å². The lowest BCUT2D eigenvalue weighted by Gasteiger charge is -2.05. The lowest BCUT2D eigenvalue weighted by atomic mass is 10.3. The van der Waals surface area contributed by atoms with Crippen molar-refractivity contribution in [1.82, 2.24) is 19.7 Å². The first kappa shape index (κ1) is 14.6. The van der Waals surface area contributed by atoms with Crippen molar-refractivity contribution in [2.45, 2.75) is 25.8 Å². The molecule has 1 aromatic rings. The Balaban J connectivity index is 2.15. The monoisotopic (exact) mass is 276 g/mol. The largest absolute Gasteiger partial charge is 0.481 e. The number of carboxylic acids is 1. The smallest absolute Gasteiger partial charge is 0.303 e. The number of hydrogen-bond donors (Lipinski definition) is 2. The van der Waals surface area contributed by atoms with E-state index in [2.05, 4.69) is 15.0 Å². The van der Waals surface area contributed by atoms with Gasteiger partial charge < -0.3 is 5.11 Å². The van der Waals surface area contributed by atoms with Gasteiger partial charge in [0, 0.05) is 25.7 Å². The van der Waals surface area contributed by atoms with Crippen LogP contribution in [0.1, 0.15) is 19.3 Å². The van der Waals surface area contributed by atoms with Crippen molar-refractivity contribution < 1.29 is 18.3 Å². The fraction of sp³-hybridized carbons (Fsp3) is 0.667. The second-order valence-electron chi connectivity index (χ2n) is 3.73. The van der Waals surface area contributed by atoms with Gasteiger partial charge in [0.2, 0.25) is 10.0 Å². The van der Waals surface area contributed by atoms with Crippen LogP contribution in [0.25, 0.3) is 0 Å². The third-order valence-electron chi connectivity index (χ3n) is 2.16. The maximum atomic E-state index is 11.4. The van der Waals surface area contributed by atoms with Crippen molar-refractivity contribution in [1.29, 1.82) is 0 Å². The van der Waals surface area contributed by atoms with Crippen LogP contribution in [0.2, 0.25) is 0 Å². The number of aryl methyl sites for hydroxylation is 1. The van der Waals surface area contributed by atoms with E-state index in [-0.39, 0.29) is 18.6 Å². The van der Waals surface area contributed by atoms with Crippen molar-refractivity contribution in [3.63, 3.8) is 0 Å². The first-order valence-electron chi connectivity index (χ1n) is 5.53. The third kappa shape index (κ3) is 6.30. The molecule has 9 heteroatoms. The zero-order valence-electron chi connectivity index (χ0n) is 9.82. The minimum atomic E-state index is -3.38. The Morgan fingerprint density at radius 1 is 1.39 bits per heavy atom. The Bertz CT molecular complexity index is 457. The van der Waals surface area contributed by atoms with Gasteiger partial charge in [-0.2, -0.15) is 0 Å². The Morgan fingerprint density at radius 3 is 2.78 bits per heavy atom. The molecular weight excluding hydrogens is 260 g/mol. The van der Waals surface area contributed by atoms with Gasteiger partial charge in [-0.05, 0) is 12.8 Å². The fourth-order valence-corrected chi connectivity index (χ4v) is 2.43. The number of hydrogen-bond acceptors (Lipinski definition) is 5. The normalized spacial score (nSPS) is 11.6. The molecule has 18 heavy (non-hydrogen) atoms. The maximum absolute atomic E-state index is 11.4. The van der Waals surface area contributed by atoms with Crippen molar-refractivity contribution >= 4 is 16.0 Å². The third-order valence-corrected chi connectivity index (χ3v) is 3.63. The number of sulfonamides is 1. The van der Waals surface area contributed by atoms with Gasteiger partial charge in [-0.15, -0.1) is 5.10 Å². The number of aliphatic carboxylic acids is 1. The molecule has 8 nitrogen and oxygen atoms in total. The number of aromatic nitrogens is 3. The van der Waals surface area contributed by atoms with E-state index in [1.165, 1.54) is 0 Å². The summed E-state index contributed by atoms with van der Waals surface area (Å²) in [6, 6.07) is 0.